The Balaban J connectivity index is 1.79. The molecule has 2 heterocycles. The van der Waals surface area contributed by atoms with Crippen LogP contribution in [0, 0.1) is 6.92 Å². The minimum atomic E-state index is -0.415. The van der Waals surface area contributed by atoms with Crippen LogP contribution < -0.4 is 10.9 Å². The topological polar surface area (TPSA) is 89.6 Å². The number of aryl methyl sites for hydroxylation is 2. The molecule has 3 rings (SSSR count). The molecule has 8 nitrogen and oxygen atoms in total. The van der Waals surface area contributed by atoms with Crippen LogP contribution in [0.15, 0.2) is 45.9 Å². The number of anilines is 1. The number of ether oxygens (including phenoxy) is 1. The van der Waals surface area contributed by atoms with E-state index in [9.17, 15) is 9.59 Å². The first kappa shape index (κ1) is 18.7. The van der Waals surface area contributed by atoms with Crippen molar-refractivity contribution in [1.82, 2.24) is 14.7 Å². The number of aromatic nitrogens is 2. The lowest BCUT2D eigenvalue weighted by Gasteiger charge is -2.22. The smallest absolute Gasteiger partial charge is 0.336 e. The molecule has 0 spiro atoms. The lowest BCUT2D eigenvalue weighted by Crippen LogP contribution is -2.36. The maximum Gasteiger partial charge on any atom is 0.336 e. The molecule has 2 aromatic heterocycles. The molecule has 0 aliphatic heterocycles. The highest BCUT2D eigenvalue weighted by Gasteiger charge is 2.15. The molecule has 0 saturated heterocycles. The number of carbonyl (C=O) groups is 1. The summed E-state index contributed by atoms with van der Waals surface area (Å²) in [5.74, 6) is 0. The van der Waals surface area contributed by atoms with Crippen LogP contribution in [0.3, 0.4) is 0 Å². The number of hydrogen-bond acceptors (Lipinski definition) is 5. The second-order valence-electron chi connectivity index (χ2n) is 6.33. The van der Waals surface area contributed by atoms with Crippen molar-refractivity contribution in [3.05, 3.63) is 58.2 Å². The van der Waals surface area contributed by atoms with E-state index < -0.39 is 5.63 Å². The molecule has 0 saturated carbocycles. The predicted octanol–water partition coefficient (Wildman–Crippen LogP) is 2.52. The number of amides is 2. The fourth-order valence-corrected chi connectivity index (χ4v) is 2.83. The van der Waals surface area contributed by atoms with Gasteiger partial charge in [0.25, 0.3) is 0 Å². The number of fused-ring (bicyclic) bond motifs is 1. The highest BCUT2D eigenvalue weighted by atomic mass is 16.5. The minimum Gasteiger partial charge on any atom is -0.423 e. The summed E-state index contributed by atoms with van der Waals surface area (Å²) in [5, 5.41) is 7.81. The third kappa shape index (κ3) is 4.53. The molecule has 142 valence electrons. The Morgan fingerprint density at radius 2 is 2.19 bits per heavy atom. The first-order valence-electron chi connectivity index (χ1n) is 8.53. The molecule has 1 aromatic carbocycles. The Morgan fingerprint density at radius 3 is 2.89 bits per heavy atom. The Labute approximate surface area is 156 Å². The fourth-order valence-electron chi connectivity index (χ4n) is 2.83. The molecule has 27 heavy (non-hydrogen) atoms. The van der Waals surface area contributed by atoms with Crippen LogP contribution in [-0.4, -0.2) is 41.0 Å². The average Bonchev–Trinajstić information content (AvgIpc) is 3.03. The van der Waals surface area contributed by atoms with Gasteiger partial charge in [0, 0.05) is 55.7 Å². The molecular formula is C19H22N4O4. The third-order valence-corrected chi connectivity index (χ3v) is 4.19. The molecule has 2 amide bonds. The van der Waals surface area contributed by atoms with Crippen LogP contribution in [0.1, 0.15) is 11.1 Å². The molecule has 8 heteroatoms. The van der Waals surface area contributed by atoms with Crippen molar-refractivity contribution < 1.29 is 13.9 Å². The summed E-state index contributed by atoms with van der Waals surface area (Å²) >= 11 is 0. The quantitative estimate of drug-likeness (QED) is 0.674. The third-order valence-electron chi connectivity index (χ3n) is 4.19. The number of methoxy groups -OCH3 is 1. The molecule has 0 atom stereocenters. The summed E-state index contributed by atoms with van der Waals surface area (Å²) in [5.41, 5.74) is 2.33. The average molecular weight is 370 g/mol. The van der Waals surface area contributed by atoms with Gasteiger partial charge in [-0.05, 0) is 24.6 Å². The zero-order chi connectivity index (χ0) is 19.4. The molecular weight excluding hydrogens is 348 g/mol. The first-order valence-corrected chi connectivity index (χ1v) is 8.53. The standard InChI is InChI=1S/C19H22N4O4/c1-13-8-18(24)27-17-9-15(4-5-16(13)17)21-19(25)23(6-7-26-3)12-14-10-20-22(2)11-14/h4-5,8-11H,6-7,12H2,1-3H3,(H,21,25). The van der Waals surface area contributed by atoms with Crippen molar-refractivity contribution in [3.8, 4) is 0 Å². The molecule has 0 unspecified atom stereocenters. The van der Waals surface area contributed by atoms with E-state index in [1.165, 1.54) is 6.07 Å². The number of nitrogens with zero attached hydrogens (tertiary/aromatic N) is 3. The van der Waals surface area contributed by atoms with Gasteiger partial charge in [-0.1, -0.05) is 0 Å². The van der Waals surface area contributed by atoms with Crippen molar-refractivity contribution in [2.45, 2.75) is 13.5 Å². The minimum absolute atomic E-state index is 0.273. The lowest BCUT2D eigenvalue weighted by molar-refractivity contribution is 0.153. The summed E-state index contributed by atoms with van der Waals surface area (Å²) in [6, 6.07) is 6.43. The van der Waals surface area contributed by atoms with E-state index in [2.05, 4.69) is 10.4 Å². The van der Waals surface area contributed by atoms with Crippen molar-refractivity contribution in [2.75, 3.05) is 25.6 Å². The van der Waals surface area contributed by atoms with Crippen molar-refractivity contribution in [1.29, 1.82) is 0 Å². The SMILES string of the molecule is COCCN(Cc1cnn(C)c1)C(=O)Nc1ccc2c(C)cc(=O)oc2c1. The van der Waals surface area contributed by atoms with E-state index >= 15 is 0 Å². The van der Waals surface area contributed by atoms with Gasteiger partial charge in [-0.15, -0.1) is 0 Å². The monoisotopic (exact) mass is 370 g/mol. The fraction of sp³-hybridized carbons (Fsp3) is 0.316. The van der Waals surface area contributed by atoms with E-state index in [-0.39, 0.29) is 6.03 Å². The van der Waals surface area contributed by atoms with Crippen molar-refractivity contribution in [3.63, 3.8) is 0 Å². The number of benzene rings is 1. The summed E-state index contributed by atoms with van der Waals surface area (Å²) < 4.78 is 12.0. The molecule has 0 bridgehead atoms. The van der Waals surface area contributed by atoms with Crippen LogP contribution in [0.4, 0.5) is 10.5 Å². The van der Waals surface area contributed by atoms with Crippen LogP contribution in [0.2, 0.25) is 0 Å². The van der Waals surface area contributed by atoms with Gasteiger partial charge >= 0.3 is 11.7 Å². The zero-order valence-electron chi connectivity index (χ0n) is 15.6. The van der Waals surface area contributed by atoms with Gasteiger partial charge in [0.2, 0.25) is 0 Å². The molecule has 0 aliphatic rings. The summed E-state index contributed by atoms with van der Waals surface area (Å²) in [7, 11) is 3.42. The highest BCUT2D eigenvalue weighted by Crippen LogP contribution is 2.21. The van der Waals surface area contributed by atoms with E-state index in [1.807, 2.05) is 26.2 Å². The Bertz CT molecular complexity index is 1010. The second-order valence-corrected chi connectivity index (χ2v) is 6.33. The van der Waals surface area contributed by atoms with Gasteiger partial charge in [-0.2, -0.15) is 5.10 Å². The first-order chi connectivity index (χ1) is 13.0. The Morgan fingerprint density at radius 1 is 1.37 bits per heavy atom. The second kappa shape index (κ2) is 8.05. The Hall–Kier alpha value is -3.13. The maximum atomic E-state index is 12.7. The van der Waals surface area contributed by atoms with Crippen LogP contribution >= 0.6 is 0 Å². The summed E-state index contributed by atoms with van der Waals surface area (Å²) in [4.78, 5) is 26.0. The van der Waals surface area contributed by atoms with E-state index in [0.717, 1.165) is 16.5 Å². The van der Waals surface area contributed by atoms with E-state index in [1.54, 1.807) is 35.0 Å². The highest BCUT2D eigenvalue weighted by molar-refractivity contribution is 5.92. The van der Waals surface area contributed by atoms with Crippen molar-refractivity contribution >= 4 is 22.7 Å². The largest absolute Gasteiger partial charge is 0.423 e. The zero-order valence-corrected chi connectivity index (χ0v) is 15.6. The van der Waals surface area contributed by atoms with E-state index in [4.69, 9.17) is 9.15 Å². The molecule has 1 N–H and O–H groups in total. The lowest BCUT2D eigenvalue weighted by atomic mass is 10.1. The van der Waals surface area contributed by atoms with Crippen LogP contribution in [-0.2, 0) is 18.3 Å². The van der Waals surface area contributed by atoms with Gasteiger partial charge in [-0.3, -0.25) is 4.68 Å². The molecule has 0 fully saturated rings. The van der Waals surface area contributed by atoms with Crippen LogP contribution in [0.5, 0.6) is 0 Å². The number of urea groups is 1. The number of rotatable bonds is 6. The predicted molar refractivity (Wildman–Crippen MR) is 102 cm³/mol. The Kier molecular flexibility index (Phi) is 5.56. The molecule has 0 aliphatic carbocycles. The summed E-state index contributed by atoms with van der Waals surface area (Å²) in [6.07, 6.45) is 3.58. The number of nitrogens with one attached hydrogen (secondary N) is 1. The normalized spacial score (nSPS) is 10.9. The van der Waals surface area contributed by atoms with Gasteiger partial charge in [0.05, 0.1) is 19.3 Å². The van der Waals surface area contributed by atoms with Gasteiger partial charge in [0.1, 0.15) is 5.58 Å². The summed E-state index contributed by atoms with van der Waals surface area (Å²) in [6.45, 7) is 3.10. The number of hydrogen-bond donors (Lipinski definition) is 1. The molecule has 0 radical (unpaired) electrons. The molecule has 3 aromatic rings. The van der Waals surface area contributed by atoms with Gasteiger partial charge in [0.15, 0.2) is 0 Å². The van der Waals surface area contributed by atoms with Gasteiger partial charge < -0.3 is 19.4 Å². The maximum absolute atomic E-state index is 12.7. The van der Waals surface area contributed by atoms with Gasteiger partial charge in [-0.25, -0.2) is 9.59 Å². The van der Waals surface area contributed by atoms with Crippen LogP contribution in [0.25, 0.3) is 11.0 Å². The van der Waals surface area contributed by atoms with Crippen molar-refractivity contribution in [2.24, 2.45) is 7.05 Å². The van der Waals surface area contributed by atoms with E-state index in [0.29, 0.717) is 31.0 Å². The number of carbonyl (C=O) groups excluding carboxylic acids is 1.